The number of carbonyl (C=O) groups is 2. The Labute approximate surface area is 180 Å². The van der Waals surface area contributed by atoms with Crippen LogP contribution in [-0.2, 0) is 16.1 Å². The van der Waals surface area contributed by atoms with E-state index in [0.717, 1.165) is 10.6 Å². The molecule has 1 amide bonds. The second-order valence-corrected chi connectivity index (χ2v) is 6.79. The number of anilines is 1. The third kappa shape index (κ3) is 5.65. The van der Waals surface area contributed by atoms with Gasteiger partial charge in [-0.05, 0) is 19.1 Å². The lowest BCUT2D eigenvalue weighted by atomic mass is 10.3. The molecule has 4 rings (SSSR count). The summed E-state index contributed by atoms with van der Waals surface area (Å²) in [7, 11) is 0. The number of thiazole rings is 1. The van der Waals surface area contributed by atoms with Crippen molar-refractivity contribution in [3.05, 3.63) is 48.1 Å². The molecule has 0 saturated heterocycles. The monoisotopic (exact) mass is 444 g/mol. The highest BCUT2D eigenvalue weighted by molar-refractivity contribution is 7.13. The zero-order valence-electron chi connectivity index (χ0n) is 16.5. The number of ether oxygens (including phenoxy) is 1. The van der Waals surface area contributed by atoms with E-state index in [9.17, 15) is 4.79 Å². The molecular weight excluding hydrogens is 424 g/mol. The van der Waals surface area contributed by atoms with Gasteiger partial charge in [0, 0.05) is 30.6 Å². The molecule has 0 radical (unpaired) electrons. The van der Waals surface area contributed by atoms with Crippen molar-refractivity contribution in [3.8, 4) is 22.0 Å². The molecule has 0 fully saturated rings. The van der Waals surface area contributed by atoms with E-state index in [4.69, 9.17) is 19.1 Å². The fourth-order valence-electron chi connectivity index (χ4n) is 2.61. The average molecular weight is 444 g/mol. The minimum absolute atomic E-state index is 0.198. The van der Waals surface area contributed by atoms with Gasteiger partial charge in [-0.25, -0.2) is 4.98 Å². The fraction of sp³-hybridized carbons (Fsp3) is 0.211. The van der Waals surface area contributed by atoms with Crippen molar-refractivity contribution in [2.75, 3.05) is 18.5 Å². The lowest BCUT2D eigenvalue weighted by molar-refractivity contribution is -0.122. The summed E-state index contributed by atoms with van der Waals surface area (Å²) in [4.78, 5) is 25.3. The molecule has 0 atom stereocenters. The van der Waals surface area contributed by atoms with E-state index in [-0.39, 0.29) is 18.1 Å². The average Bonchev–Trinajstić information content (AvgIpc) is 3.55. The van der Waals surface area contributed by atoms with Crippen molar-refractivity contribution in [1.29, 1.82) is 0 Å². The van der Waals surface area contributed by atoms with Gasteiger partial charge in [-0.15, -0.1) is 11.3 Å². The van der Waals surface area contributed by atoms with E-state index in [1.54, 1.807) is 41.6 Å². The van der Waals surface area contributed by atoms with Crippen LogP contribution in [0.1, 0.15) is 17.5 Å². The Kier molecular flexibility index (Phi) is 7.67. The number of carboxylic acid groups (broad SMARTS) is 1. The molecule has 0 spiro atoms. The van der Waals surface area contributed by atoms with Crippen molar-refractivity contribution in [2.45, 2.75) is 13.5 Å². The van der Waals surface area contributed by atoms with E-state index in [0.29, 0.717) is 36.9 Å². The number of carbonyl (C=O) groups excluding carboxylic acids is 1. The molecule has 31 heavy (non-hydrogen) atoms. The minimum Gasteiger partial charge on any atom is -0.483 e. The Morgan fingerprint density at radius 3 is 2.97 bits per heavy atom. The molecule has 0 aliphatic rings. The number of nitrogens with zero attached hydrogens (tertiary/aromatic N) is 4. The maximum Gasteiger partial charge on any atom is 0.291 e. The molecule has 162 valence electrons. The summed E-state index contributed by atoms with van der Waals surface area (Å²) in [6.45, 7) is 3.45. The van der Waals surface area contributed by atoms with Crippen LogP contribution in [0, 0.1) is 0 Å². The summed E-state index contributed by atoms with van der Waals surface area (Å²) in [5.74, 6) is 0.395. The Morgan fingerprint density at radius 2 is 2.29 bits per heavy atom. The summed E-state index contributed by atoms with van der Waals surface area (Å²) in [6.07, 6.45) is 6.80. The van der Waals surface area contributed by atoms with Crippen LogP contribution < -0.4 is 5.32 Å². The van der Waals surface area contributed by atoms with Crippen molar-refractivity contribution in [2.24, 2.45) is 0 Å². The van der Waals surface area contributed by atoms with Gasteiger partial charge in [-0.1, -0.05) is 0 Å². The summed E-state index contributed by atoms with van der Waals surface area (Å²) >= 11 is 1.45. The van der Waals surface area contributed by atoms with Crippen LogP contribution in [0.5, 0.6) is 0 Å². The molecule has 4 heterocycles. The van der Waals surface area contributed by atoms with Crippen molar-refractivity contribution in [3.63, 3.8) is 0 Å². The first kappa shape index (κ1) is 21.9. The van der Waals surface area contributed by atoms with Crippen LogP contribution in [0.4, 0.5) is 5.69 Å². The normalized spacial score (nSPS) is 10.4. The van der Waals surface area contributed by atoms with Gasteiger partial charge >= 0.3 is 0 Å². The first-order valence-corrected chi connectivity index (χ1v) is 10.1. The van der Waals surface area contributed by atoms with Crippen LogP contribution in [-0.4, -0.2) is 55.7 Å². The second kappa shape index (κ2) is 10.8. The lowest BCUT2D eigenvalue weighted by Gasteiger charge is -2.02. The number of nitrogens with one attached hydrogen (secondary N) is 2. The number of amides is 1. The van der Waals surface area contributed by atoms with Gasteiger partial charge < -0.3 is 19.6 Å². The van der Waals surface area contributed by atoms with Crippen molar-refractivity contribution >= 4 is 29.4 Å². The maximum absolute atomic E-state index is 12.7. The van der Waals surface area contributed by atoms with Gasteiger partial charge in [0.2, 0.25) is 0 Å². The number of aromatic nitrogens is 5. The molecule has 0 aromatic carbocycles. The van der Waals surface area contributed by atoms with E-state index in [1.807, 2.05) is 12.3 Å². The number of aromatic amines is 1. The zero-order valence-corrected chi connectivity index (χ0v) is 17.3. The van der Waals surface area contributed by atoms with E-state index in [1.165, 1.54) is 11.3 Å². The summed E-state index contributed by atoms with van der Waals surface area (Å²) in [5, 5.41) is 23.5. The Bertz CT molecular complexity index is 1090. The minimum atomic E-state index is -0.364. The van der Waals surface area contributed by atoms with Crippen LogP contribution in [0.2, 0.25) is 0 Å². The lowest BCUT2D eigenvalue weighted by Crippen LogP contribution is -2.11. The Hall–Kier alpha value is -3.77. The van der Waals surface area contributed by atoms with Gasteiger partial charge in [0.15, 0.2) is 5.76 Å². The number of hydrogen-bond donors (Lipinski definition) is 3. The molecule has 4 aromatic rings. The van der Waals surface area contributed by atoms with Crippen molar-refractivity contribution < 1.29 is 23.8 Å². The molecule has 3 N–H and O–H groups in total. The quantitative estimate of drug-likeness (QED) is 0.277. The molecule has 0 bridgehead atoms. The number of furan rings is 1. The maximum atomic E-state index is 12.7. The molecule has 0 aliphatic heterocycles. The highest BCUT2D eigenvalue weighted by atomic mass is 32.1. The van der Waals surface area contributed by atoms with E-state index < -0.39 is 0 Å². The Morgan fingerprint density at radius 1 is 1.45 bits per heavy atom. The van der Waals surface area contributed by atoms with Crippen molar-refractivity contribution in [1.82, 2.24) is 25.0 Å². The first-order valence-electron chi connectivity index (χ1n) is 9.19. The largest absolute Gasteiger partial charge is 0.483 e. The van der Waals surface area contributed by atoms with Gasteiger partial charge in [0.25, 0.3) is 12.4 Å². The van der Waals surface area contributed by atoms with Gasteiger partial charge in [-0.3, -0.25) is 19.4 Å². The molecule has 0 aliphatic carbocycles. The SMILES string of the molecule is CCOCCn1cc(NC(=O)c2ccc(-c3cn[nH]c3)o2)c(-c2nccs2)n1.O=CO. The molecule has 12 heteroatoms. The smallest absolute Gasteiger partial charge is 0.291 e. The summed E-state index contributed by atoms with van der Waals surface area (Å²) in [6, 6.07) is 3.35. The molecule has 4 aromatic heterocycles. The predicted octanol–water partition coefficient (Wildman–Crippen LogP) is 2.98. The molecule has 0 saturated carbocycles. The predicted molar refractivity (Wildman–Crippen MR) is 113 cm³/mol. The highest BCUT2D eigenvalue weighted by Crippen LogP contribution is 2.29. The van der Waals surface area contributed by atoms with E-state index >= 15 is 0 Å². The second-order valence-electron chi connectivity index (χ2n) is 5.90. The van der Waals surface area contributed by atoms with Crippen LogP contribution in [0.25, 0.3) is 22.0 Å². The standard InChI is InChI=1S/C18H18N6O3S.CH2O2/c1-2-26-7-6-24-11-13(16(23-24)18-19-5-8-28-18)22-17(25)15-4-3-14(27-15)12-9-20-21-10-12;2-1-3/h3-5,8-11H,2,6-7H2,1H3,(H,20,21)(H,22,25);1H,(H,2,3). The van der Waals surface area contributed by atoms with Gasteiger partial charge in [0.05, 0.1) is 30.6 Å². The van der Waals surface area contributed by atoms with Crippen LogP contribution in [0.15, 0.2) is 46.7 Å². The molecule has 0 unspecified atom stereocenters. The highest BCUT2D eigenvalue weighted by Gasteiger charge is 2.19. The fourth-order valence-corrected chi connectivity index (χ4v) is 3.25. The van der Waals surface area contributed by atoms with Gasteiger partial charge in [-0.2, -0.15) is 10.2 Å². The van der Waals surface area contributed by atoms with E-state index in [2.05, 4.69) is 25.6 Å². The molecule has 11 nitrogen and oxygen atoms in total. The third-order valence-electron chi connectivity index (χ3n) is 3.93. The third-order valence-corrected chi connectivity index (χ3v) is 4.71. The zero-order chi connectivity index (χ0) is 22.1. The van der Waals surface area contributed by atoms with Crippen LogP contribution in [0.3, 0.4) is 0 Å². The molecular formula is C19H20N6O5S. The first-order chi connectivity index (χ1) is 15.2. The summed E-state index contributed by atoms with van der Waals surface area (Å²) in [5.41, 5.74) is 1.95. The Balaban J connectivity index is 0.000000858. The number of H-pyrrole nitrogens is 1. The topological polar surface area (TPSA) is 148 Å². The van der Waals surface area contributed by atoms with Crippen LogP contribution >= 0.6 is 11.3 Å². The summed E-state index contributed by atoms with van der Waals surface area (Å²) < 4.78 is 12.8. The number of rotatable bonds is 8. The van der Waals surface area contributed by atoms with Gasteiger partial charge in [0.1, 0.15) is 16.5 Å². The number of hydrogen-bond acceptors (Lipinski definition) is 8.